The predicted molar refractivity (Wildman–Crippen MR) is 77.5 cm³/mol. The number of nitrogens with one attached hydrogen (secondary N) is 2. The van der Waals surface area contributed by atoms with Crippen molar-refractivity contribution in [3.63, 3.8) is 0 Å². The van der Waals surface area contributed by atoms with Crippen molar-refractivity contribution in [2.45, 2.75) is 38.9 Å². The summed E-state index contributed by atoms with van der Waals surface area (Å²) in [6.07, 6.45) is -3.65. The number of carbonyl (C=O) groups is 1. The number of rotatable bonds is 6. The van der Waals surface area contributed by atoms with E-state index in [0.717, 1.165) is 18.2 Å². The summed E-state index contributed by atoms with van der Waals surface area (Å²) in [6, 6.07) is 3.17. The van der Waals surface area contributed by atoms with Crippen molar-refractivity contribution < 1.29 is 18.0 Å². The second kappa shape index (κ2) is 7.66. The van der Waals surface area contributed by atoms with Gasteiger partial charge in [-0.2, -0.15) is 13.2 Å². The molecule has 21 heavy (non-hydrogen) atoms. The van der Waals surface area contributed by atoms with Gasteiger partial charge in [0.05, 0.1) is 16.3 Å². The molecule has 0 aliphatic carbocycles. The minimum Gasteiger partial charge on any atom is -0.325 e. The standard InChI is InChI=1S/C14H18ClF3N2O/c1-9(2)19-7-3-4-13(21)20-12-8-10(14(16,17)18)5-6-11(12)15/h5-6,8-9,19H,3-4,7H2,1-2H3,(H,20,21). The van der Waals surface area contributed by atoms with Crippen molar-refractivity contribution in [2.24, 2.45) is 0 Å². The zero-order chi connectivity index (χ0) is 16.0. The minimum atomic E-state index is -4.47. The van der Waals surface area contributed by atoms with Crippen LogP contribution in [0, 0.1) is 0 Å². The Balaban J connectivity index is 2.59. The maximum Gasteiger partial charge on any atom is 0.416 e. The maximum absolute atomic E-state index is 12.6. The fraction of sp³-hybridized carbons (Fsp3) is 0.500. The van der Waals surface area contributed by atoms with Crippen LogP contribution < -0.4 is 10.6 Å². The highest BCUT2D eigenvalue weighted by molar-refractivity contribution is 6.33. The quantitative estimate of drug-likeness (QED) is 0.775. The van der Waals surface area contributed by atoms with E-state index in [1.165, 1.54) is 0 Å². The van der Waals surface area contributed by atoms with Gasteiger partial charge in [-0.15, -0.1) is 0 Å². The number of anilines is 1. The molecular formula is C14H18ClF3N2O. The van der Waals surface area contributed by atoms with Crippen LogP contribution in [0.2, 0.25) is 5.02 Å². The molecule has 3 nitrogen and oxygen atoms in total. The molecule has 0 radical (unpaired) electrons. The van der Waals surface area contributed by atoms with E-state index in [9.17, 15) is 18.0 Å². The maximum atomic E-state index is 12.6. The summed E-state index contributed by atoms with van der Waals surface area (Å²) in [5.74, 6) is -0.359. The summed E-state index contributed by atoms with van der Waals surface area (Å²) in [7, 11) is 0. The lowest BCUT2D eigenvalue weighted by molar-refractivity contribution is -0.137. The monoisotopic (exact) mass is 322 g/mol. The van der Waals surface area contributed by atoms with E-state index in [1.807, 2.05) is 13.8 Å². The molecule has 0 aliphatic rings. The summed E-state index contributed by atoms with van der Waals surface area (Å²) in [5.41, 5.74) is -0.864. The SMILES string of the molecule is CC(C)NCCCC(=O)Nc1cc(C(F)(F)F)ccc1Cl. The highest BCUT2D eigenvalue weighted by Gasteiger charge is 2.31. The van der Waals surface area contributed by atoms with Crippen LogP contribution >= 0.6 is 11.6 Å². The minimum absolute atomic E-state index is 0.0201. The molecule has 0 fully saturated rings. The first kappa shape index (κ1) is 17.8. The third kappa shape index (κ3) is 6.35. The fourth-order valence-corrected chi connectivity index (χ4v) is 1.81. The fourth-order valence-electron chi connectivity index (χ4n) is 1.65. The number of amides is 1. The Morgan fingerprint density at radius 1 is 1.33 bits per heavy atom. The third-order valence-electron chi connectivity index (χ3n) is 2.70. The van der Waals surface area contributed by atoms with E-state index < -0.39 is 11.7 Å². The van der Waals surface area contributed by atoms with Crippen molar-refractivity contribution in [2.75, 3.05) is 11.9 Å². The van der Waals surface area contributed by atoms with Crippen molar-refractivity contribution in [1.29, 1.82) is 0 Å². The molecule has 1 aromatic carbocycles. The largest absolute Gasteiger partial charge is 0.416 e. The molecule has 0 unspecified atom stereocenters. The average Bonchev–Trinajstić information content (AvgIpc) is 2.36. The van der Waals surface area contributed by atoms with E-state index in [2.05, 4.69) is 10.6 Å². The molecule has 1 aromatic rings. The Kier molecular flexibility index (Phi) is 6.48. The Hall–Kier alpha value is -1.27. The van der Waals surface area contributed by atoms with E-state index in [4.69, 9.17) is 11.6 Å². The Morgan fingerprint density at radius 3 is 2.57 bits per heavy atom. The topological polar surface area (TPSA) is 41.1 Å². The van der Waals surface area contributed by atoms with Crippen molar-refractivity contribution in [3.8, 4) is 0 Å². The Morgan fingerprint density at radius 2 is 2.00 bits per heavy atom. The van der Waals surface area contributed by atoms with E-state index in [-0.39, 0.29) is 23.0 Å². The van der Waals surface area contributed by atoms with E-state index >= 15 is 0 Å². The lowest BCUT2D eigenvalue weighted by Gasteiger charge is -2.12. The lowest BCUT2D eigenvalue weighted by Crippen LogP contribution is -2.24. The molecule has 0 heterocycles. The average molecular weight is 323 g/mol. The molecule has 0 bridgehead atoms. The summed E-state index contributed by atoms with van der Waals surface area (Å²) >= 11 is 5.80. The second-order valence-corrected chi connectivity index (χ2v) is 5.36. The van der Waals surface area contributed by atoms with Gasteiger partial charge in [-0.25, -0.2) is 0 Å². The Labute approximate surface area is 126 Å². The molecule has 0 aromatic heterocycles. The number of hydrogen-bond acceptors (Lipinski definition) is 2. The number of hydrogen-bond donors (Lipinski definition) is 2. The van der Waals surface area contributed by atoms with Gasteiger partial charge in [0.25, 0.3) is 0 Å². The molecular weight excluding hydrogens is 305 g/mol. The first-order valence-electron chi connectivity index (χ1n) is 6.60. The smallest absolute Gasteiger partial charge is 0.325 e. The molecule has 0 saturated heterocycles. The normalized spacial score (nSPS) is 11.8. The zero-order valence-electron chi connectivity index (χ0n) is 11.9. The Bertz CT molecular complexity index is 490. The van der Waals surface area contributed by atoms with Gasteiger partial charge in [-0.1, -0.05) is 25.4 Å². The van der Waals surface area contributed by atoms with E-state index in [1.54, 1.807) is 0 Å². The van der Waals surface area contributed by atoms with Crippen molar-refractivity contribution in [3.05, 3.63) is 28.8 Å². The molecule has 118 valence electrons. The van der Waals surface area contributed by atoms with Gasteiger partial charge in [0.2, 0.25) is 5.91 Å². The van der Waals surface area contributed by atoms with Crippen molar-refractivity contribution in [1.82, 2.24) is 5.32 Å². The molecule has 2 N–H and O–H groups in total. The van der Waals surface area contributed by atoms with Crippen LogP contribution in [0.4, 0.5) is 18.9 Å². The van der Waals surface area contributed by atoms with Gasteiger partial charge in [-0.3, -0.25) is 4.79 Å². The third-order valence-corrected chi connectivity index (χ3v) is 3.03. The first-order valence-corrected chi connectivity index (χ1v) is 6.98. The first-order chi connectivity index (χ1) is 9.70. The molecule has 0 saturated carbocycles. The summed E-state index contributed by atoms with van der Waals surface area (Å²) < 4.78 is 37.8. The van der Waals surface area contributed by atoms with Gasteiger partial charge in [-0.05, 0) is 31.2 Å². The second-order valence-electron chi connectivity index (χ2n) is 4.95. The van der Waals surface area contributed by atoms with Crippen LogP contribution in [0.3, 0.4) is 0 Å². The van der Waals surface area contributed by atoms with Crippen LogP contribution in [-0.2, 0) is 11.0 Å². The van der Waals surface area contributed by atoms with Crippen LogP contribution in [0.1, 0.15) is 32.3 Å². The molecule has 7 heteroatoms. The van der Waals surface area contributed by atoms with Crippen LogP contribution in [-0.4, -0.2) is 18.5 Å². The highest BCUT2D eigenvalue weighted by atomic mass is 35.5. The number of alkyl halides is 3. The van der Waals surface area contributed by atoms with Gasteiger partial charge in [0.1, 0.15) is 0 Å². The van der Waals surface area contributed by atoms with Crippen molar-refractivity contribution >= 4 is 23.2 Å². The summed E-state index contributed by atoms with van der Waals surface area (Å²) in [5, 5.41) is 5.64. The number of benzene rings is 1. The van der Waals surface area contributed by atoms with Gasteiger partial charge >= 0.3 is 6.18 Å². The molecule has 1 amide bonds. The van der Waals surface area contributed by atoms with Gasteiger partial charge in [0, 0.05) is 12.5 Å². The van der Waals surface area contributed by atoms with Crippen LogP contribution in [0.15, 0.2) is 18.2 Å². The lowest BCUT2D eigenvalue weighted by atomic mass is 10.2. The summed E-state index contributed by atoms with van der Waals surface area (Å²) in [4.78, 5) is 11.7. The van der Waals surface area contributed by atoms with Gasteiger partial charge in [0.15, 0.2) is 0 Å². The molecule has 0 aliphatic heterocycles. The van der Waals surface area contributed by atoms with Gasteiger partial charge < -0.3 is 10.6 Å². The molecule has 0 spiro atoms. The van der Waals surface area contributed by atoms with E-state index in [0.29, 0.717) is 19.0 Å². The zero-order valence-corrected chi connectivity index (χ0v) is 12.6. The molecule has 0 atom stereocenters. The predicted octanol–water partition coefficient (Wildman–Crippen LogP) is 4.08. The highest BCUT2D eigenvalue weighted by Crippen LogP contribution is 2.33. The number of carbonyl (C=O) groups excluding carboxylic acids is 1. The van der Waals surface area contributed by atoms with Crippen LogP contribution in [0.5, 0.6) is 0 Å². The summed E-state index contributed by atoms with van der Waals surface area (Å²) in [6.45, 7) is 4.65. The van der Waals surface area contributed by atoms with Crippen LogP contribution in [0.25, 0.3) is 0 Å². The molecule has 1 rings (SSSR count). The number of halogens is 4.